The van der Waals surface area contributed by atoms with E-state index in [0.717, 1.165) is 18.9 Å². The van der Waals surface area contributed by atoms with Gasteiger partial charge in [-0.05, 0) is 44.0 Å². The molecule has 1 unspecified atom stereocenters. The van der Waals surface area contributed by atoms with Crippen LogP contribution in [0.25, 0.3) is 21.8 Å². The number of rotatable bonds is 7. The number of hydrogen-bond donors (Lipinski definition) is 3. The number of halogens is 2. The number of anilines is 1. The number of azo groups is 1. The number of methoxy groups -OCH3 is 1. The van der Waals surface area contributed by atoms with Gasteiger partial charge in [0.25, 0.3) is 0 Å². The van der Waals surface area contributed by atoms with Gasteiger partial charge in [-0.1, -0.05) is 16.7 Å². The highest BCUT2D eigenvalue weighted by atomic mass is 35.5. The number of aromatic nitrogens is 2. The first-order valence-corrected chi connectivity index (χ1v) is 14.3. The van der Waals surface area contributed by atoms with Crippen molar-refractivity contribution in [1.29, 1.82) is 0 Å². The molecule has 4 N–H and O–H groups in total. The molecule has 2 aromatic heterocycles. The summed E-state index contributed by atoms with van der Waals surface area (Å²) in [6.45, 7) is 3.41. The second-order valence-electron chi connectivity index (χ2n) is 11.0. The van der Waals surface area contributed by atoms with Gasteiger partial charge in [-0.2, -0.15) is 0 Å². The number of primary amides is 1. The van der Waals surface area contributed by atoms with Crippen molar-refractivity contribution in [2.75, 3.05) is 31.6 Å². The molecule has 1 saturated heterocycles. The van der Waals surface area contributed by atoms with Crippen LogP contribution in [-0.4, -0.2) is 69.0 Å². The maximum Gasteiger partial charge on any atom is 0.356 e. The lowest BCUT2D eigenvalue weighted by Gasteiger charge is -2.41. The molecule has 15 heteroatoms. The van der Waals surface area contributed by atoms with E-state index in [0.29, 0.717) is 41.1 Å². The molecule has 1 atom stereocenters. The first-order valence-electron chi connectivity index (χ1n) is 13.9. The summed E-state index contributed by atoms with van der Waals surface area (Å²) in [6.07, 6.45) is 2.94. The molecule has 44 heavy (non-hydrogen) atoms. The molecule has 230 valence electrons. The number of nitrogens with two attached hydrogens (primary N) is 1. The minimum Gasteiger partial charge on any atom is -0.493 e. The minimum absolute atomic E-state index is 0.00877. The number of ether oxygens (including phenoxy) is 1. The summed E-state index contributed by atoms with van der Waals surface area (Å²) in [7, 11) is 1.41. The van der Waals surface area contributed by atoms with E-state index >= 15 is 4.39 Å². The zero-order valence-electron chi connectivity index (χ0n) is 23.8. The van der Waals surface area contributed by atoms with E-state index in [2.05, 4.69) is 15.1 Å². The van der Waals surface area contributed by atoms with Crippen LogP contribution < -0.4 is 20.8 Å². The van der Waals surface area contributed by atoms with Crippen LogP contribution in [0.1, 0.15) is 36.2 Å². The number of amides is 2. The van der Waals surface area contributed by atoms with Crippen molar-refractivity contribution in [2.24, 2.45) is 16.0 Å². The number of fused-ring (bicyclic) bond motifs is 2. The maximum absolute atomic E-state index is 15.8. The monoisotopic (exact) mass is 625 g/mol. The highest BCUT2D eigenvalue weighted by molar-refractivity contribution is 6.31. The Morgan fingerprint density at radius 3 is 2.59 bits per heavy atom. The zero-order valence-corrected chi connectivity index (χ0v) is 24.6. The van der Waals surface area contributed by atoms with Crippen LogP contribution in [0.4, 0.5) is 20.6 Å². The third kappa shape index (κ3) is 4.99. The Hall–Kier alpha value is -4.69. The molecule has 4 aromatic rings. The molecule has 0 spiro atoms. The van der Waals surface area contributed by atoms with Gasteiger partial charge < -0.3 is 30.2 Å². The summed E-state index contributed by atoms with van der Waals surface area (Å²) in [6, 6.07) is 4.95. The van der Waals surface area contributed by atoms with Gasteiger partial charge in [-0.25, -0.2) is 14.0 Å². The van der Waals surface area contributed by atoms with Crippen LogP contribution in [0.3, 0.4) is 0 Å². The number of piperazine rings is 1. The Morgan fingerprint density at radius 1 is 1.20 bits per heavy atom. The molecular formula is C29H29ClFN7O6. The van der Waals surface area contributed by atoms with Gasteiger partial charge in [0.1, 0.15) is 11.3 Å². The van der Waals surface area contributed by atoms with E-state index in [4.69, 9.17) is 22.1 Å². The van der Waals surface area contributed by atoms with E-state index < -0.39 is 28.8 Å². The van der Waals surface area contributed by atoms with Gasteiger partial charge >= 0.3 is 12.0 Å². The maximum atomic E-state index is 15.8. The SMILES string of the molecule is COc1c(N2CCN(Cn3c(O)c(N=NC(N)=O)c4cc(Cl)ccc43)C(C)C2)c(F)cc2c(=O)c(C(=O)O)cn(C3CC3)c12. The predicted octanol–water partition coefficient (Wildman–Crippen LogP) is 4.83. The number of urea groups is 1. The minimum atomic E-state index is -1.37. The molecule has 0 radical (unpaired) electrons. The van der Waals surface area contributed by atoms with E-state index in [1.54, 1.807) is 27.3 Å². The van der Waals surface area contributed by atoms with Crippen molar-refractivity contribution in [3.63, 3.8) is 0 Å². The number of aromatic hydroxyl groups is 1. The lowest BCUT2D eigenvalue weighted by molar-refractivity contribution is 0.0694. The van der Waals surface area contributed by atoms with Crippen LogP contribution in [0.2, 0.25) is 5.02 Å². The normalized spacial score (nSPS) is 17.6. The molecule has 13 nitrogen and oxygen atoms in total. The van der Waals surface area contributed by atoms with Crippen molar-refractivity contribution in [1.82, 2.24) is 14.0 Å². The van der Waals surface area contributed by atoms with Crippen LogP contribution >= 0.6 is 11.6 Å². The van der Waals surface area contributed by atoms with Crippen molar-refractivity contribution >= 4 is 56.8 Å². The molecule has 3 heterocycles. The fraction of sp³-hybridized carbons (Fsp3) is 0.345. The van der Waals surface area contributed by atoms with E-state index in [9.17, 15) is 24.6 Å². The fourth-order valence-corrected chi connectivity index (χ4v) is 6.12. The Kier molecular flexibility index (Phi) is 7.41. The van der Waals surface area contributed by atoms with Crippen molar-refractivity contribution < 1.29 is 28.9 Å². The summed E-state index contributed by atoms with van der Waals surface area (Å²) in [4.78, 5) is 40.0. The first-order chi connectivity index (χ1) is 21.0. The Balaban J connectivity index is 1.34. The molecule has 2 fully saturated rings. The van der Waals surface area contributed by atoms with Crippen LogP contribution in [0.15, 0.2) is 45.5 Å². The topological polar surface area (TPSA) is 168 Å². The summed E-state index contributed by atoms with van der Waals surface area (Å²) in [5, 5.41) is 28.7. The number of carbonyl (C=O) groups is 2. The highest BCUT2D eigenvalue weighted by Gasteiger charge is 2.34. The summed E-state index contributed by atoms with van der Waals surface area (Å²) < 4.78 is 24.9. The van der Waals surface area contributed by atoms with Gasteiger partial charge in [-0.15, -0.1) is 5.11 Å². The average molecular weight is 626 g/mol. The molecule has 6 rings (SSSR count). The van der Waals surface area contributed by atoms with Gasteiger partial charge in [-0.3, -0.25) is 14.3 Å². The molecule has 1 aliphatic heterocycles. The van der Waals surface area contributed by atoms with Crippen molar-refractivity contribution in [3.8, 4) is 11.6 Å². The molecule has 1 aliphatic carbocycles. The highest BCUT2D eigenvalue weighted by Crippen LogP contribution is 2.44. The van der Waals surface area contributed by atoms with Gasteiger partial charge in [0.15, 0.2) is 17.3 Å². The molecule has 2 aliphatic rings. The number of hydrogen-bond acceptors (Lipinski definition) is 8. The second-order valence-corrected chi connectivity index (χ2v) is 11.4. The molecule has 0 bridgehead atoms. The third-order valence-corrected chi connectivity index (χ3v) is 8.43. The van der Waals surface area contributed by atoms with Crippen molar-refractivity contribution in [2.45, 2.75) is 38.5 Å². The first kappa shape index (κ1) is 29.4. The summed E-state index contributed by atoms with van der Waals surface area (Å²) in [5.74, 6) is -2.10. The Morgan fingerprint density at radius 2 is 1.95 bits per heavy atom. The number of carboxylic acid groups (broad SMARTS) is 1. The number of pyridine rings is 1. The molecule has 2 aromatic carbocycles. The number of carbonyl (C=O) groups excluding carboxylic acids is 1. The fourth-order valence-electron chi connectivity index (χ4n) is 5.95. The van der Waals surface area contributed by atoms with Gasteiger partial charge in [0.2, 0.25) is 11.3 Å². The second kappa shape index (κ2) is 11.1. The van der Waals surface area contributed by atoms with Crippen LogP contribution in [0, 0.1) is 5.82 Å². The summed E-state index contributed by atoms with van der Waals surface area (Å²) in [5.41, 5.74) is 5.17. The largest absolute Gasteiger partial charge is 0.493 e. The lowest BCUT2D eigenvalue weighted by atomic mass is 10.1. The average Bonchev–Trinajstić information content (AvgIpc) is 3.78. The van der Waals surface area contributed by atoms with Gasteiger partial charge in [0.05, 0.1) is 30.2 Å². The van der Waals surface area contributed by atoms with E-state index in [1.165, 1.54) is 13.3 Å². The predicted molar refractivity (Wildman–Crippen MR) is 161 cm³/mol. The summed E-state index contributed by atoms with van der Waals surface area (Å²) >= 11 is 6.18. The Labute approximate surface area is 254 Å². The number of carboxylic acids is 1. The molecular weight excluding hydrogens is 597 g/mol. The van der Waals surface area contributed by atoms with Gasteiger partial charge in [0, 0.05) is 48.3 Å². The zero-order chi connectivity index (χ0) is 31.4. The third-order valence-electron chi connectivity index (χ3n) is 8.20. The quantitative estimate of drug-likeness (QED) is 0.245. The standard InChI is InChI=1S/C29H29ClFN7O6/c1-14-11-35(7-8-36(14)13-38-21-6-3-15(30)9-17(21)22(27(38)40)33-34-29(32)43)24-20(31)10-18-23(26(24)44-2)37(16-4-5-16)12-19(25(18)39)28(41)42/h3,6,9-10,12,14,16,40H,4-5,7-8,11,13H2,1-2H3,(H2,32,43)(H,41,42). The van der Waals surface area contributed by atoms with E-state index in [1.807, 2.05) is 11.8 Å². The smallest absolute Gasteiger partial charge is 0.356 e. The van der Waals surface area contributed by atoms with Crippen LogP contribution in [0.5, 0.6) is 11.6 Å². The van der Waals surface area contributed by atoms with Crippen LogP contribution in [-0.2, 0) is 6.67 Å². The number of aromatic carboxylic acids is 1. The van der Waals surface area contributed by atoms with Crippen molar-refractivity contribution in [3.05, 3.63) is 57.1 Å². The number of benzene rings is 2. The van der Waals surface area contributed by atoms with E-state index in [-0.39, 0.29) is 47.1 Å². The Bertz CT molecular complexity index is 1940. The molecule has 1 saturated carbocycles. The number of nitrogens with zero attached hydrogens (tertiary/aromatic N) is 6. The lowest BCUT2D eigenvalue weighted by Crippen LogP contribution is -2.52. The molecule has 2 amide bonds.